The van der Waals surface area contributed by atoms with E-state index < -0.39 is 0 Å². The van der Waals surface area contributed by atoms with E-state index in [1.54, 1.807) is 21.3 Å². The second kappa shape index (κ2) is 5.66. The number of hydrogen-bond donors (Lipinski definition) is 1. The molecule has 4 heteroatoms. The van der Waals surface area contributed by atoms with Crippen molar-refractivity contribution < 1.29 is 14.2 Å². The molecule has 1 fully saturated rings. The third kappa shape index (κ3) is 2.45. The van der Waals surface area contributed by atoms with Gasteiger partial charge in [-0.3, -0.25) is 0 Å². The number of rotatable bonds is 4. The summed E-state index contributed by atoms with van der Waals surface area (Å²) < 4.78 is 16.2. The van der Waals surface area contributed by atoms with Gasteiger partial charge < -0.3 is 19.5 Å². The maximum atomic E-state index is 5.41. The first-order chi connectivity index (χ1) is 6.76. The van der Waals surface area contributed by atoms with E-state index >= 15 is 0 Å². The van der Waals surface area contributed by atoms with Crippen molar-refractivity contribution in [3.05, 3.63) is 0 Å². The number of nitrogens with one attached hydrogen (secondary N) is 1. The number of methoxy groups -OCH3 is 3. The minimum Gasteiger partial charge on any atom is -0.379 e. The lowest BCUT2D eigenvalue weighted by Gasteiger charge is -2.39. The molecule has 1 aliphatic rings. The van der Waals surface area contributed by atoms with Crippen LogP contribution in [0.1, 0.15) is 12.8 Å². The summed E-state index contributed by atoms with van der Waals surface area (Å²) in [5.74, 6) is 0. The molecule has 0 spiro atoms. The van der Waals surface area contributed by atoms with Crippen molar-refractivity contribution in [2.24, 2.45) is 0 Å². The maximum Gasteiger partial charge on any atom is 0.109 e. The van der Waals surface area contributed by atoms with Crippen LogP contribution in [-0.4, -0.2) is 52.7 Å². The Morgan fingerprint density at radius 3 is 1.71 bits per heavy atom. The zero-order valence-corrected chi connectivity index (χ0v) is 9.45. The molecular formula is C10H21NO3. The molecule has 0 aromatic carbocycles. The molecule has 0 aliphatic heterocycles. The van der Waals surface area contributed by atoms with Gasteiger partial charge in [-0.2, -0.15) is 0 Å². The van der Waals surface area contributed by atoms with Crippen molar-refractivity contribution in [2.45, 2.75) is 37.2 Å². The Labute approximate surface area is 85.9 Å². The molecule has 2 atom stereocenters. The zero-order chi connectivity index (χ0) is 10.6. The van der Waals surface area contributed by atoms with Gasteiger partial charge >= 0.3 is 0 Å². The van der Waals surface area contributed by atoms with Crippen LogP contribution in [0.4, 0.5) is 0 Å². The fourth-order valence-corrected chi connectivity index (χ4v) is 2.16. The van der Waals surface area contributed by atoms with Crippen LogP contribution in [0.15, 0.2) is 0 Å². The third-order valence-electron chi connectivity index (χ3n) is 3.05. The fourth-order valence-electron chi connectivity index (χ4n) is 2.16. The number of hydrogen-bond acceptors (Lipinski definition) is 4. The van der Waals surface area contributed by atoms with Crippen molar-refractivity contribution in [1.82, 2.24) is 5.32 Å². The summed E-state index contributed by atoms with van der Waals surface area (Å²) in [6.07, 6.45) is 2.25. The molecule has 0 aromatic heterocycles. The standard InChI is InChI=1S/C10H21NO3/c1-11-7-5-8(12-2)10(14-4)9(6-7)13-3/h7-11H,5-6H2,1-4H3. The molecule has 84 valence electrons. The van der Waals surface area contributed by atoms with E-state index in [0.717, 1.165) is 12.8 Å². The van der Waals surface area contributed by atoms with Gasteiger partial charge in [-0.15, -0.1) is 0 Å². The lowest BCUT2D eigenvalue weighted by atomic mass is 9.88. The zero-order valence-electron chi connectivity index (χ0n) is 9.45. The number of ether oxygens (including phenoxy) is 3. The molecule has 0 heterocycles. The normalized spacial score (nSPS) is 38.6. The predicted molar refractivity (Wildman–Crippen MR) is 54.5 cm³/mol. The predicted octanol–water partition coefficient (Wildman–Crippen LogP) is 0.413. The van der Waals surface area contributed by atoms with Crippen LogP contribution in [-0.2, 0) is 14.2 Å². The van der Waals surface area contributed by atoms with Crippen LogP contribution in [0, 0.1) is 0 Å². The van der Waals surface area contributed by atoms with E-state index in [2.05, 4.69) is 5.32 Å². The summed E-state index contributed by atoms with van der Waals surface area (Å²) in [5.41, 5.74) is 0. The molecular weight excluding hydrogens is 182 g/mol. The van der Waals surface area contributed by atoms with Crippen molar-refractivity contribution in [1.29, 1.82) is 0 Å². The van der Waals surface area contributed by atoms with E-state index in [4.69, 9.17) is 14.2 Å². The lowest BCUT2D eigenvalue weighted by molar-refractivity contribution is -0.134. The first-order valence-electron chi connectivity index (χ1n) is 5.02. The Morgan fingerprint density at radius 2 is 1.43 bits per heavy atom. The first kappa shape index (κ1) is 11.9. The highest BCUT2D eigenvalue weighted by atomic mass is 16.6. The Hall–Kier alpha value is -0.160. The molecule has 1 rings (SSSR count). The van der Waals surface area contributed by atoms with Gasteiger partial charge in [0.15, 0.2) is 0 Å². The minimum atomic E-state index is 0.0506. The highest BCUT2D eigenvalue weighted by Gasteiger charge is 2.37. The molecule has 14 heavy (non-hydrogen) atoms. The van der Waals surface area contributed by atoms with Gasteiger partial charge in [-0.05, 0) is 19.9 Å². The van der Waals surface area contributed by atoms with Crippen LogP contribution in [0.5, 0.6) is 0 Å². The average molecular weight is 203 g/mol. The summed E-state index contributed by atoms with van der Waals surface area (Å²) in [7, 11) is 7.13. The summed E-state index contributed by atoms with van der Waals surface area (Å²) in [4.78, 5) is 0. The van der Waals surface area contributed by atoms with Gasteiger partial charge in [-0.1, -0.05) is 0 Å². The van der Waals surface area contributed by atoms with E-state index in [-0.39, 0.29) is 18.3 Å². The quantitative estimate of drug-likeness (QED) is 0.718. The van der Waals surface area contributed by atoms with Crippen LogP contribution >= 0.6 is 0 Å². The molecule has 2 unspecified atom stereocenters. The molecule has 1 N–H and O–H groups in total. The second-order valence-electron chi connectivity index (χ2n) is 3.71. The smallest absolute Gasteiger partial charge is 0.109 e. The summed E-state index contributed by atoms with van der Waals surface area (Å²) in [5, 5.41) is 3.26. The Kier molecular flexibility index (Phi) is 4.81. The van der Waals surface area contributed by atoms with Gasteiger partial charge in [0, 0.05) is 27.4 Å². The van der Waals surface area contributed by atoms with Gasteiger partial charge in [0.05, 0.1) is 12.2 Å². The van der Waals surface area contributed by atoms with Gasteiger partial charge in [0.2, 0.25) is 0 Å². The topological polar surface area (TPSA) is 39.7 Å². The third-order valence-corrected chi connectivity index (χ3v) is 3.05. The monoisotopic (exact) mass is 203 g/mol. The van der Waals surface area contributed by atoms with Crippen molar-refractivity contribution in [2.75, 3.05) is 28.4 Å². The van der Waals surface area contributed by atoms with E-state index in [1.165, 1.54) is 0 Å². The Morgan fingerprint density at radius 1 is 0.929 bits per heavy atom. The Bertz CT molecular complexity index is 151. The molecule has 1 aliphatic carbocycles. The molecule has 0 saturated heterocycles. The van der Waals surface area contributed by atoms with Crippen LogP contribution < -0.4 is 5.32 Å². The van der Waals surface area contributed by atoms with Crippen LogP contribution in [0.25, 0.3) is 0 Å². The minimum absolute atomic E-state index is 0.0506. The van der Waals surface area contributed by atoms with E-state index in [1.807, 2.05) is 7.05 Å². The molecule has 4 nitrogen and oxygen atoms in total. The fraction of sp³-hybridized carbons (Fsp3) is 1.00. The Balaban J connectivity index is 2.63. The lowest BCUT2D eigenvalue weighted by Crippen LogP contribution is -2.52. The average Bonchev–Trinajstić information content (AvgIpc) is 2.26. The molecule has 0 radical (unpaired) electrons. The highest BCUT2D eigenvalue weighted by Crippen LogP contribution is 2.25. The largest absolute Gasteiger partial charge is 0.379 e. The summed E-state index contributed by atoms with van der Waals surface area (Å²) in [6.45, 7) is 0. The second-order valence-corrected chi connectivity index (χ2v) is 3.71. The summed E-state index contributed by atoms with van der Waals surface area (Å²) in [6, 6.07) is 0.455. The molecule has 0 bridgehead atoms. The SMILES string of the molecule is CNC1CC(OC)C(OC)C(OC)C1. The van der Waals surface area contributed by atoms with E-state index in [9.17, 15) is 0 Å². The van der Waals surface area contributed by atoms with Crippen LogP contribution in [0.2, 0.25) is 0 Å². The first-order valence-corrected chi connectivity index (χ1v) is 5.02. The van der Waals surface area contributed by atoms with Gasteiger partial charge in [0.1, 0.15) is 6.10 Å². The van der Waals surface area contributed by atoms with Gasteiger partial charge in [-0.25, -0.2) is 0 Å². The van der Waals surface area contributed by atoms with E-state index in [0.29, 0.717) is 6.04 Å². The van der Waals surface area contributed by atoms with Crippen molar-refractivity contribution in [3.8, 4) is 0 Å². The molecule has 0 amide bonds. The highest BCUT2D eigenvalue weighted by molar-refractivity contribution is 4.91. The maximum absolute atomic E-state index is 5.41. The van der Waals surface area contributed by atoms with Crippen molar-refractivity contribution in [3.63, 3.8) is 0 Å². The van der Waals surface area contributed by atoms with Crippen molar-refractivity contribution >= 4 is 0 Å². The summed E-state index contributed by atoms with van der Waals surface area (Å²) >= 11 is 0. The van der Waals surface area contributed by atoms with Crippen LogP contribution in [0.3, 0.4) is 0 Å². The molecule has 1 saturated carbocycles. The molecule has 0 aromatic rings. The van der Waals surface area contributed by atoms with Gasteiger partial charge in [0.25, 0.3) is 0 Å².